The maximum atomic E-state index is 10.3. The highest BCUT2D eigenvalue weighted by Gasteiger charge is 2.05. The lowest BCUT2D eigenvalue weighted by molar-refractivity contribution is 0.0851. The van der Waals surface area contributed by atoms with Crippen LogP contribution < -0.4 is 0 Å². The van der Waals surface area contributed by atoms with Crippen molar-refractivity contribution >= 4 is 28.7 Å². The van der Waals surface area contributed by atoms with E-state index < -0.39 is 6.16 Å². The van der Waals surface area contributed by atoms with Crippen LogP contribution in [0.5, 0.6) is 0 Å². The summed E-state index contributed by atoms with van der Waals surface area (Å²) in [5.74, 6) is 0. The molecular weight excluding hydrogens is 319 g/mol. The lowest BCUT2D eigenvalue weighted by Gasteiger charge is -2.09. The Morgan fingerprint density at radius 3 is 2.81 bits per heavy atom. The van der Waals surface area contributed by atoms with Gasteiger partial charge < -0.3 is 9.84 Å². The number of carboxylic acid groups (broad SMARTS) is 1. The first-order valence-corrected chi connectivity index (χ1v) is 6.34. The predicted octanol–water partition coefficient (Wildman–Crippen LogP) is 3.83. The largest absolute Gasteiger partial charge is 0.506 e. The summed E-state index contributed by atoms with van der Waals surface area (Å²) in [4.78, 5) is 10.3. The van der Waals surface area contributed by atoms with Gasteiger partial charge in [0, 0.05) is 3.57 Å². The van der Waals surface area contributed by atoms with Crippen LogP contribution in [-0.2, 0) is 17.8 Å². The van der Waals surface area contributed by atoms with Gasteiger partial charge in [0.2, 0.25) is 0 Å². The monoisotopic (exact) mass is 334 g/mol. The Labute approximate surface area is 109 Å². The average Bonchev–Trinajstić information content (AvgIpc) is 2.24. The van der Waals surface area contributed by atoms with Crippen LogP contribution in [0.2, 0.25) is 0 Å². The lowest BCUT2D eigenvalue weighted by atomic mass is 10.0. The number of unbranched alkanes of at least 4 members (excludes halogenated alkanes) is 1. The van der Waals surface area contributed by atoms with Crippen molar-refractivity contribution < 1.29 is 14.6 Å². The van der Waals surface area contributed by atoms with E-state index in [1.54, 1.807) is 0 Å². The van der Waals surface area contributed by atoms with E-state index in [0.29, 0.717) is 0 Å². The van der Waals surface area contributed by atoms with E-state index in [9.17, 15) is 4.79 Å². The molecule has 0 atom stereocenters. The molecule has 4 heteroatoms. The molecule has 0 radical (unpaired) electrons. The van der Waals surface area contributed by atoms with Gasteiger partial charge >= 0.3 is 6.16 Å². The number of halogens is 1. The minimum Gasteiger partial charge on any atom is -0.450 e. The zero-order chi connectivity index (χ0) is 12.0. The van der Waals surface area contributed by atoms with E-state index >= 15 is 0 Å². The van der Waals surface area contributed by atoms with Crippen molar-refractivity contribution in [1.29, 1.82) is 0 Å². The number of hydrogen-bond donors (Lipinski definition) is 1. The topological polar surface area (TPSA) is 46.5 Å². The number of benzene rings is 1. The predicted molar refractivity (Wildman–Crippen MR) is 70.6 cm³/mol. The molecule has 0 fully saturated rings. The quantitative estimate of drug-likeness (QED) is 0.658. The van der Waals surface area contributed by atoms with Gasteiger partial charge in [-0.25, -0.2) is 4.79 Å². The summed E-state index contributed by atoms with van der Waals surface area (Å²) in [6.45, 7) is 2.28. The first-order valence-electron chi connectivity index (χ1n) is 5.26. The molecule has 0 aromatic heterocycles. The van der Waals surface area contributed by atoms with E-state index in [1.807, 2.05) is 12.1 Å². The molecule has 1 N–H and O–H groups in total. The highest BCUT2D eigenvalue weighted by Crippen LogP contribution is 2.17. The minimum absolute atomic E-state index is 0.144. The van der Waals surface area contributed by atoms with Crippen molar-refractivity contribution in [3.8, 4) is 0 Å². The molecule has 88 valence electrons. The fourth-order valence-electron chi connectivity index (χ4n) is 1.47. The Morgan fingerprint density at radius 1 is 1.44 bits per heavy atom. The summed E-state index contributed by atoms with van der Waals surface area (Å²) in [5.41, 5.74) is 2.16. The van der Waals surface area contributed by atoms with E-state index in [1.165, 1.54) is 9.13 Å². The third-order valence-corrected chi connectivity index (χ3v) is 2.99. The van der Waals surface area contributed by atoms with Crippen molar-refractivity contribution in [2.45, 2.75) is 32.8 Å². The van der Waals surface area contributed by atoms with Crippen LogP contribution in [0.25, 0.3) is 0 Å². The molecule has 0 amide bonds. The SMILES string of the molecule is CCCCc1cc(I)ccc1COC(=O)O. The van der Waals surface area contributed by atoms with Crippen molar-refractivity contribution in [2.75, 3.05) is 0 Å². The van der Waals surface area contributed by atoms with Crippen molar-refractivity contribution in [2.24, 2.45) is 0 Å². The van der Waals surface area contributed by atoms with Crippen molar-refractivity contribution in [1.82, 2.24) is 0 Å². The third kappa shape index (κ3) is 4.38. The molecule has 1 aromatic carbocycles. The minimum atomic E-state index is -1.22. The van der Waals surface area contributed by atoms with Gasteiger partial charge in [-0.05, 0) is 58.7 Å². The first kappa shape index (κ1) is 13.3. The maximum Gasteiger partial charge on any atom is 0.506 e. The second-order valence-electron chi connectivity index (χ2n) is 3.57. The smallest absolute Gasteiger partial charge is 0.450 e. The van der Waals surface area contributed by atoms with E-state index in [4.69, 9.17) is 5.11 Å². The third-order valence-electron chi connectivity index (χ3n) is 2.32. The zero-order valence-corrected chi connectivity index (χ0v) is 11.4. The molecule has 0 aliphatic rings. The summed E-state index contributed by atoms with van der Waals surface area (Å²) in [6.07, 6.45) is 2.00. The molecule has 0 aliphatic carbocycles. The molecule has 0 saturated heterocycles. The van der Waals surface area contributed by atoms with Gasteiger partial charge in [-0.1, -0.05) is 19.4 Å². The number of hydrogen-bond acceptors (Lipinski definition) is 2. The number of ether oxygens (including phenoxy) is 1. The van der Waals surface area contributed by atoms with Crippen LogP contribution in [-0.4, -0.2) is 11.3 Å². The van der Waals surface area contributed by atoms with Crippen LogP contribution in [0.4, 0.5) is 4.79 Å². The van der Waals surface area contributed by atoms with Crippen LogP contribution >= 0.6 is 22.6 Å². The van der Waals surface area contributed by atoms with Crippen LogP contribution in [0, 0.1) is 3.57 Å². The number of rotatable bonds is 5. The molecule has 3 nitrogen and oxygen atoms in total. The van der Waals surface area contributed by atoms with Crippen molar-refractivity contribution in [3.63, 3.8) is 0 Å². The fourth-order valence-corrected chi connectivity index (χ4v) is 2.03. The maximum absolute atomic E-state index is 10.3. The molecule has 1 aromatic rings. The number of aryl methyl sites for hydroxylation is 1. The van der Waals surface area contributed by atoms with Gasteiger partial charge in [0.05, 0.1) is 0 Å². The lowest BCUT2D eigenvalue weighted by Crippen LogP contribution is -2.03. The van der Waals surface area contributed by atoms with Gasteiger partial charge in [-0.3, -0.25) is 0 Å². The molecule has 16 heavy (non-hydrogen) atoms. The van der Waals surface area contributed by atoms with Gasteiger partial charge in [0.1, 0.15) is 6.61 Å². The molecule has 0 heterocycles. The summed E-state index contributed by atoms with van der Waals surface area (Å²) in [5, 5.41) is 8.47. The van der Waals surface area contributed by atoms with Gasteiger partial charge in [0.25, 0.3) is 0 Å². The first-order chi connectivity index (χ1) is 7.63. The van der Waals surface area contributed by atoms with Crippen molar-refractivity contribution in [3.05, 3.63) is 32.9 Å². The summed E-state index contributed by atoms with van der Waals surface area (Å²) >= 11 is 2.26. The summed E-state index contributed by atoms with van der Waals surface area (Å²) in [6, 6.07) is 6.00. The zero-order valence-electron chi connectivity index (χ0n) is 9.20. The Hall–Kier alpha value is -0.780. The highest BCUT2D eigenvalue weighted by molar-refractivity contribution is 14.1. The molecule has 0 saturated carbocycles. The standard InChI is InChI=1S/C12H15IO3/c1-2-3-4-9-7-11(13)6-5-10(9)8-16-12(14)15/h5-7H,2-4,8H2,1H3,(H,14,15). The molecule has 0 unspecified atom stereocenters. The van der Waals surface area contributed by atoms with Crippen LogP contribution in [0.1, 0.15) is 30.9 Å². The Morgan fingerprint density at radius 2 is 2.19 bits per heavy atom. The molecule has 1 rings (SSSR count). The molecule has 0 aliphatic heterocycles. The Balaban J connectivity index is 2.76. The van der Waals surface area contributed by atoms with E-state index in [2.05, 4.69) is 40.3 Å². The van der Waals surface area contributed by atoms with Gasteiger partial charge in [-0.2, -0.15) is 0 Å². The highest BCUT2D eigenvalue weighted by atomic mass is 127. The van der Waals surface area contributed by atoms with Crippen LogP contribution in [0.3, 0.4) is 0 Å². The average molecular weight is 334 g/mol. The second kappa shape index (κ2) is 6.73. The van der Waals surface area contributed by atoms with Gasteiger partial charge in [-0.15, -0.1) is 0 Å². The van der Waals surface area contributed by atoms with Gasteiger partial charge in [0.15, 0.2) is 0 Å². The normalized spacial score (nSPS) is 10.1. The van der Waals surface area contributed by atoms with E-state index in [-0.39, 0.29) is 6.61 Å². The molecule has 0 spiro atoms. The second-order valence-corrected chi connectivity index (χ2v) is 4.82. The Kier molecular flexibility index (Phi) is 5.59. The van der Waals surface area contributed by atoms with E-state index in [0.717, 1.165) is 24.8 Å². The summed E-state index contributed by atoms with van der Waals surface area (Å²) < 4.78 is 5.77. The molecular formula is C12H15IO3. The Bertz CT molecular complexity index is 363. The number of carbonyl (C=O) groups is 1. The summed E-state index contributed by atoms with van der Waals surface area (Å²) in [7, 11) is 0. The fraction of sp³-hybridized carbons (Fsp3) is 0.417. The molecule has 0 bridgehead atoms. The van der Waals surface area contributed by atoms with Crippen LogP contribution in [0.15, 0.2) is 18.2 Å².